The second kappa shape index (κ2) is 9.30. The molecule has 2 aromatic rings. The van der Waals surface area contributed by atoms with Crippen molar-refractivity contribution >= 4 is 69.7 Å². The summed E-state index contributed by atoms with van der Waals surface area (Å²) in [5.74, 6) is -0.956. The molecule has 0 aliphatic rings. The standard InChI is InChI=1S/C17H11Cl5F2N2O/c18-15(19)13(9-1-5-11(23)6-2-9)25-16(27)26-14(17(20,21)22)10-3-7-12(24)8-4-10/h1-8,14H,(H2,25,26,27). The van der Waals surface area contributed by atoms with E-state index in [-0.39, 0.29) is 10.2 Å². The van der Waals surface area contributed by atoms with Crippen molar-refractivity contribution in [2.45, 2.75) is 9.83 Å². The summed E-state index contributed by atoms with van der Waals surface area (Å²) in [6, 6.07) is 8.27. The third-order valence-corrected chi connectivity index (χ3v) is 4.40. The van der Waals surface area contributed by atoms with Crippen molar-refractivity contribution in [3.8, 4) is 0 Å². The molecule has 2 aromatic carbocycles. The molecule has 10 heteroatoms. The number of nitrogens with one attached hydrogen (secondary N) is 2. The number of carbonyl (C=O) groups is 1. The van der Waals surface area contributed by atoms with E-state index < -0.39 is 27.5 Å². The molecule has 0 saturated heterocycles. The van der Waals surface area contributed by atoms with Gasteiger partial charge in [-0.05, 0) is 42.0 Å². The van der Waals surface area contributed by atoms with Crippen LogP contribution in [0.2, 0.25) is 0 Å². The lowest BCUT2D eigenvalue weighted by atomic mass is 10.1. The van der Waals surface area contributed by atoms with Gasteiger partial charge in [0, 0.05) is 5.56 Å². The predicted octanol–water partition coefficient (Wildman–Crippen LogP) is 6.48. The second-order valence-electron chi connectivity index (χ2n) is 5.27. The summed E-state index contributed by atoms with van der Waals surface area (Å²) in [7, 11) is 0. The SMILES string of the molecule is O=C(NC(=C(Cl)Cl)c1ccc(F)cc1)NC(c1ccc(F)cc1)C(Cl)(Cl)Cl. The Bertz CT molecular complexity index is 832. The van der Waals surface area contributed by atoms with Crippen LogP contribution >= 0.6 is 58.0 Å². The fourth-order valence-corrected chi connectivity index (χ4v) is 2.99. The van der Waals surface area contributed by atoms with E-state index >= 15 is 0 Å². The molecule has 0 fully saturated rings. The van der Waals surface area contributed by atoms with Gasteiger partial charge in [0.15, 0.2) is 0 Å². The van der Waals surface area contributed by atoms with Gasteiger partial charge in [-0.2, -0.15) is 0 Å². The first kappa shape index (κ1) is 22.1. The molecule has 0 spiro atoms. The van der Waals surface area contributed by atoms with Gasteiger partial charge in [0.25, 0.3) is 0 Å². The summed E-state index contributed by atoms with van der Waals surface area (Å²) in [5, 5.41) is 4.89. The highest BCUT2D eigenvalue weighted by molar-refractivity contribution is 6.68. The van der Waals surface area contributed by atoms with Crippen molar-refractivity contribution in [3.63, 3.8) is 0 Å². The fourth-order valence-electron chi connectivity index (χ4n) is 2.14. The summed E-state index contributed by atoms with van der Waals surface area (Å²) in [4.78, 5) is 12.4. The van der Waals surface area contributed by atoms with E-state index in [1.165, 1.54) is 36.4 Å². The first-order chi connectivity index (χ1) is 12.6. The van der Waals surface area contributed by atoms with Crippen LogP contribution in [0.25, 0.3) is 5.70 Å². The molecule has 0 radical (unpaired) electrons. The molecule has 2 amide bonds. The quantitative estimate of drug-likeness (QED) is 0.490. The van der Waals surface area contributed by atoms with Crippen molar-refractivity contribution in [2.75, 3.05) is 0 Å². The van der Waals surface area contributed by atoms with Gasteiger partial charge in [-0.1, -0.05) is 70.1 Å². The molecule has 27 heavy (non-hydrogen) atoms. The predicted molar refractivity (Wildman–Crippen MR) is 106 cm³/mol. The van der Waals surface area contributed by atoms with Crippen LogP contribution in [0.1, 0.15) is 17.2 Å². The molecule has 0 saturated carbocycles. The Morgan fingerprint density at radius 1 is 0.889 bits per heavy atom. The van der Waals surface area contributed by atoms with Gasteiger partial charge < -0.3 is 10.6 Å². The lowest BCUT2D eigenvalue weighted by Crippen LogP contribution is -2.42. The number of alkyl halides is 3. The van der Waals surface area contributed by atoms with Gasteiger partial charge in [-0.15, -0.1) is 0 Å². The van der Waals surface area contributed by atoms with Gasteiger partial charge >= 0.3 is 6.03 Å². The highest BCUT2D eigenvalue weighted by Gasteiger charge is 2.35. The summed E-state index contributed by atoms with van der Waals surface area (Å²) < 4.78 is 24.0. The highest BCUT2D eigenvalue weighted by atomic mass is 35.6. The molecule has 2 rings (SSSR count). The van der Waals surface area contributed by atoms with Gasteiger partial charge in [-0.3, -0.25) is 0 Å². The van der Waals surface area contributed by atoms with E-state index in [1.54, 1.807) is 0 Å². The number of hydrogen-bond acceptors (Lipinski definition) is 1. The molecule has 3 nitrogen and oxygen atoms in total. The molecule has 2 N–H and O–H groups in total. The summed E-state index contributed by atoms with van der Waals surface area (Å²) >= 11 is 29.4. The third-order valence-electron chi connectivity index (χ3n) is 3.37. The topological polar surface area (TPSA) is 41.1 Å². The van der Waals surface area contributed by atoms with E-state index in [4.69, 9.17) is 58.0 Å². The van der Waals surface area contributed by atoms with Crippen LogP contribution in [0.4, 0.5) is 13.6 Å². The Balaban J connectivity index is 2.22. The Kier molecular flexibility index (Phi) is 7.60. The van der Waals surface area contributed by atoms with Crippen LogP contribution in [-0.2, 0) is 0 Å². The zero-order chi connectivity index (χ0) is 20.2. The molecule has 1 atom stereocenters. The van der Waals surface area contributed by atoms with E-state index in [9.17, 15) is 13.6 Å². The average Bonchev–Trinajstić information content (AvgIpc) is 2.58. The third kappa shape index (κ3) is 6.40. The van der Waals surface area contributed by atoms with Gasteiger partial charge in [-0.25, -0.2) is 13.6 Å². The summed E-state index contributed by atoms with van der Waals surface area (Å²) in [6.07, 6.45) is 0. The minimum Gasteiger partial charge on any atom is -0.327 e. The lowest BCUT2D eigenvalue weighted by Gasteiger charge is -2.26. The first-order valence-electron chi connectivity index (χ1n) is 7.29. The van der Waals surface area contributed by atoms with Gasteiger partial charge in [0.05, 0.1) is 5.70 Å². The maximum absolute atomic E-state index is 13.1. The van der Waals surface area contributed by atoms with Crippen LogP contribution in [0.5, 0.6) is 0 Å². The Morgan fingerprint density at radius 2 is 1.37 bits per heavy atom. The zero-order valence-corrected chi connectivity index (χ0v) is 17.0. The Labute approximate surface area is 179 Å². The maximum Gasteiger partial charge on any atom is 0.319 e. The highest BCUT2D eigenvalue weighted by Crippen LogP contribution is 2.39. The lowest BCUT2D eigenvalue weighted by molar-refractivity contribution is 0.241. The molecule has 0 heterocycles. The minimum atomic E-state index is -1.93. The van der Waals surface area contributed by atoms with E-state index in [0.717, 1.165) is 12.1 Å². The van der Waals surface area contributed by atoms with Crippen LogP contribution in [-0.4, -0.2) is 9.82 Å². The van der Waals surface area contributed by atoms with E-state index in [1.807, 2.05) is 0 Å². The molecular weight excluding hydrogens is 463 g/mol. The molecule has 0 aliphatic heterocycles. The molecule has 144 valence electrons. The fraction of sp³-hybridized carbons (Fsp3) is 0.118. The number of hydrogen-bond donors (Lipinski definition) is 2. The van der Waals surface area contributed by atoms with E-state index in [2.05, 4.69) is 10.6 Å². The molecule has 0 bridgehead atoms. The number of halogens is 7. The van der Waals surface area contributed by atoms with Crippen LogP contribution in [0, 0.1) is 11.6 Å². The maximum atomic E-state index is 13.1. The summed E-state index contributed by atoms with van der Waals surface area (Å²) in [5.41, 5.74) is 0.743. The van der Waals surface area contributed by atoms with Crippen molar-refractivity contribution in [1.29, 1.82) is 0 Å². The van der Waals surface area contributed by atoms with Crippen LogP contribution in [0.15, 0.2) is 53.0 Å². The largest absolute Gasteiger partial charge is 0.327 e. The van der Waals surface area contributed by atoms with Crippen LogP contribution < -0.4 is 10.6 Å². The van der Waals surface area contributed by atoms with Crippen molar-refractivity contribution in [2.24, 2.45) is 0 Å². The van der Waals surface area contributed by atoms with Gasteiger partial charge in [0.1, 0.15) is 22.2 Å². The van der Waals surface area contributed by atoms with Crippen molar-refractivity contribution in [1.82, 2.24) is 10.6 Å². The van der Waals surface area contributed by atoms with E-state index in [0.29, 0.717) is 11.1 Å². The second-order valence-corrected chi connectivity index (χ2v) is 8.59. The average molecular weight is 475 g/mol. The molecular formula is C17H11Cl5F2N2O. The normalized spacial score (nSPS) is 12.3. The monoisotopic (exact) mass is 472 g/mol. The van der Waals surface area contributed by atoms with Crippen molar-refractivity contribution in [3.05, 3.63) is 75.8 Å². The molecule has 0 aromatic heterocycles. The number of carbonyl (C=O) groups excluding carboxylic acids is 1. The molecule has 0 aliphatic carbocycles. The Morgan fingerprint density at radius 3 is 1.81 bits per heavy atom. The number of benzene rings is 2. The smallest absolute Gasteiger partial charge is 0.319 e. The molecule has 1 unspecified atom stereocenters. The van der Waals surface area contributed by atoms with Gasteiger partial charge in [0.2, 0.25) is 3.79 Å². The number of amides is 2. The summed E-state index contributed by atoms with van der Waals surface area (Å²) in [6.45, 7) is 0. The Hall–Kier alpha value is -1.24. The van der Waals surface area contributed by atoms with Crippen molar-refractivity contribution < 1.29 is 13.6 Å². The van der Waals surface area contributed by atoms with Crippen LogP contribution in [0.3, 0.4) is 0 Å². The number of rotatable bonds is 4. The number of urea groups is 1. The zero-order valence-electron chi connectivity index (χ0n) is 13.3. The first-order valence-corrected chi connectivity index (χ1v) is 9.18. The minimum absolute atomic E-state index is 0.0259.